The molecule has 31 heavy (non-hydrogen) atoms. The summed E-state index contributed by atoms with van der Waals surface area (Å²) in [6.45, 7) is 1.89. The number of benzene rings is 3. The summed E-state index contributed by atoms with van der Waals surface area (Å²) in [6, 6.07) is 21.5. The lowest BCUT2D eigenvalue weighted by molar-refractivity contribution is -0.117. The van der Waals surface area contributed by atoms with Gasteiger partial charge in [0.25, 0.3) is 11.8 Å². The van der Waals surface area contributed by atoms with Crippen molar-refractivity contribution >= 4 is 23.4 Å². The monoisotopic (exact) mass is 414 g/mol. The molecule has 6 nitrogen and oxygen atoms in total. The van der Waals surface area contributed by atoms with Gasteiger partial charge in [0.15, 0.2) is 0 Å². The van der Waals surface area contributed by atoms with E-state index in [0.29, 0.717) is 28.1 Å². The van der Waals surface area contributed by atoms with Crippen LogP contribution in [0.5, 0.6) is 5.75 Å². The van der Waals surface area contributed by atoms with Gasteiger partial charge >= 0.3 is 0 Å². The predicted octanol–water partition coefficient (Wildman–Crippen LogP) is 4.23. The fourth-order valence-corrected chi connectivity index (χ4v) is 3.68. The van der Waals surface area contributed by atoms with Gasteiger partial charge in [-0.25, -0.2) is 0 Å². The van der Waals surface area contributed by atoms with Crippen molar-refractivity contribution in [2.75, 3.05) is 12.4 Å². The molecule has 1 heterocycles. The van der Waals surface area contributed by atoms with E-state index in [-0.39, 0.29) is 30.2 Å². The largest absolute Gasteiger partial charge is 0.496 e. The van der Waals surface area contributed by atoms with Crippen molar-refractivity contribution in [1.29, 1.82) is 0 Å². The Balaban J connectivity index is 1.55. The molecule has 1 aliphatic rings. The molecule has 0 unspecified atom stereocenters. The number of hydrogen-bond donors (Lipinski definition) is 1. The summed E-state index contributed by atoms with van der Waals surface area (Å²) in [5, 5.41) is 2.91. The Kier molecular flexibility index (Phi) is 5.54. The van der Waals surface area contributed by atoms with E-state index in [1.165, 1.54) is 12.0 Å². The van der Waals surface area contributed by atoms with E-state index < -0.39 is 0 Å². The standard InChI is InChI=1S/C25H22N2O4/c1-16(17-8-4-3-5-9-17)23(28)26-19-12-13-22(31-2)18(14-19)15-27-24(29)20-10-6-7-11-21(20)25(27)30/h3-14,16H,15H2,1-2H3,(H,26,28)/t16-/m1/s1. The normalized spacial score (nSPS) is 13.7. The third-order valence-electron chi connectivity index (χ3n) is 5.45. The molecular formula is C25H22N2O4. The molecular weight excluding hydrogens is 392 g/mol. The first-order chi connectivity index (χ1) is 15.0. The molecule has 4 rings (SSSR count). The zero-order chi connectivity index (χ0) is 22.0. The molecule has 0 saturated carbocycles. The average molecular weight is 414 g/mol. The molecule has 0 fully saturated rings. The number of rotatable bonds is 6. The highest BCUT2D eigenvalue weighted by Crippen LogP contribution is 2.29. The summed E-state index contributed by atoms with van der Waals surface area (Å²) in [7, 11) is 1.52. The van der Waals surface area contributed by atoms with E-state index in [0.717, 1.165) is 5.56 Å². The third-order valence-corrected chi connectivity index (χ3v) is 5.45. The summed E-state index contributed by atoms with van der Waals surface area (Å²) in [5.74, 6) is -0.624. The Morgan fingerprint density at radius 3 is 2.16 bits per heavy atom. The molecule has 3 aromatic carbocycles. The van der Waals surface area contributed by atoms with Gasteiger partial charge in [0.1, 0.15) is 5.75 Å². The van der Waals surface area contributed by atoms with E-state index in [9.17, 15) is 14.4 Å². The van der Waals surface area contributed by atoms with Crippen molar-refractivity contribution in [3.8, 4) is 5.75 Å². The number of nitrogens with one attached hydrogen (secondary N) is 1. The minimum Gasteiger partial charge on any atom is -0.496 e. The molecule has 1 aliphatic heterocycles. The summed E-state index contributed by atoms with van der Waals surface area (Å²) in [5.41, 5.74) is 2.90. The van der Waals surface area contributed by atoms with Crippen LogP contribution in [0.3, 0.4) is 0 Å². The van der Waals surface area contributed by atoms with Crippen LogP contribution in [0.1, 0.15) is 44.7 Å². The number of anilines is 1. The van der Waals surface area contributed by atoms with Gasteiger partial charge in [0.05, 0.1) is 30.7 Å². The maximum absolute atomic E-state index is 12.7. The molecule has 0 aromatic heterocycles. The van der Waals surface area contributed by atoms with Crippen molar-refractivity contribution in [3.63, 3.8) is 0 Å². The number of nitrogens with zero attached hydrogens (tertiary/aromatic N) is 1. The molecule has 0 radical (unpaired) electrons. The molecule has 6 heteroatoms. The molecule has 156 valence electrons. The molecule has 0 aliphatic carbocycles. The second-order valence-electron chi connectivity index (χ2n) is 7.39. The van der Waals surface area contributed by atoms with Gasteiger partial charge < -0.3 is 10.1 Å². The average Bonchev–Trinajstić information content (AvgIpc) is 3.04. The number of methoxy groups -OCH3 is 1. The van der Waals surface area contributed by atoms with Crippen LogP contribution in [0, 0.1) is 0 Å². The van der Waals surface area contributed by atoms with E-state index in [4.69, 9.17) is 4.74 Å². The highest BCUT2D eigenvalue weighted by atomic mass is 16.5. The quantitative estimate of drug-likeness (QED) is 0.613. The first-order valence-electron chi connectivity index (χ1n) is 9.97. The first kappa shape index (κ1) is 20.3. The number of fused-ring (bicyclic) bond motifs is 1. The van der Waals surface area contributed by atoms with Gasteiger partial charge in [-0.05, 0) is 42.8 Å². The first-order valence-corrected chi connectivity index (χ1v) is 9.97. The molecule has 3 aromatic rings. The lowest BCUT2D eigenvalue weighted by Gasteiger charge is -2.18. The van der Waals surface area contributed by atoms with Crippen LogP contribution >= 0.6 is 0 Å². The van der Waals surface area contributed by atoms with Crippen LogP contribution < -0.4 is 10.1 Å². The van der Waals surface area contributed by atoms with Crippen LogP contribution in [-0.4, -0.2) is 29.7 Å². The summed E-state index contributed by atoms with van der Waals surface area (Å²) >= 11 is 0. The number of carbonyl (C=O) groups is 3. The zero-order valence-corrected chi connectivity index (χ0v) is 17.3. The van der Waals surface area contributed by atoms with E-state index >= 15 is 0 Å². The van der Waals surface area contributed by atoms with Crippen molar-refractivity contribution < 1.29 is 19.1 Å². The number of ether oxygens (including phenoxy) is 1. The lowest BCUT2D eigenvalue weighted by atomic mass is 10.0. The topological polar surface area (TPSA) is 75.7 Å². The van der Waals surface area contributed by atoms with Gasteiger partial charge in [0, 0.05) is 11.3 Å². The van der Waals surface area contributed by atoms with Crippen LogP contribution in [-0.2, 0) is 11.3 Å². The molecule has 0 spiro atoms. The van der Waals surface area contributed by atoms with E-state index in [1.807, 2.05) is 37.3 Å². The maximum Gasteiger partial charge on any atom is 0.261 e. The Hall–Kier alpha value is -3.93. The number of hydrogen-bond acceptors (Lipinski definition) is 4. The summed E-state index contributed by atoms with van der Waals surface area (Å²) < 4.78 is 5.42. The summed E-state index contributed by atoms with van der Waals surface area (Å²) in [6.07, 6.45) is 0. The van der Waals surface area contributed by atoms with Gasteiger partial charge in [-0.3, -0.25) is 19.3 Å². The number of amides is 3. The highest BCUT2D eigenvalue weighted by Gasteiger charge is 2.35. The van der Waals surface area contributed by atoms with E-state index in [2.05, 4.69) is 5.32 Å². The van der Waals surface area contributed by atoms with Crippen LogP contribution in [0.25, 0.3) is 0 Å². The zero-order valence-electron chi connectivity index (χ0n) is 17.3. The summed E-state index contributed by atoms with van der Waals surface area (Å²) in [4.78, 5) is 39.3. The van der Waals surface area contributed by atoms with Crippen LogP contribution in [0.2, 0.25) is 0 Å². The van der Waals surface area contributed by atoms with Gasteiger partial charge in [0.2, 0.25) is 5.91 Å². The second-order valence-corrected chi connectivity index (χ2v) is 7.39. The Morgan fingerprint density at radius 2 is 1.55 bits per heavy atom. The van der Waals surface area contributed by atoms with Crippen LogP contribution in [0.15, 0.2) is 72.8 Å². The lowest BCUT2D eigenvalue weighted by Crippen LogP contribution is -2.29. The fourth-order valence-electron chi connectivity index (χ4n) is 3.68. The smallest absolute Gasteiger partial charge is 0.261 e. The predicted molar refractivity (Wildman–Crippen MR) is 117 cm³/mol. The fraction of sp³-hybridized carbons (Fsp3) is 0.160. The number of carbonyl (C=O) groups excluding carboxylic acids is 3. The highest BCUT2D eigenvalue weighted by molar-refractivity contribution is 6.21. The van der Waals surface area contributed by atoms with Gasteiger partial charge in [-0.1, -0.05) is 42.5 Å². The van der Waals surface area contributed by atoms with Gasteiger partial charge in [-0.15, -0.1) is 0 Å². The molecule has 0 saturated heterocycles. The third kappa shape index (κ3) is 3.92. The van der Waals surface area contributed by atoms with Crippen LogP contribution in [0.4, 0.5) is 5.69 Å². The molecule has 1 N–H and O–H groups in total. The van der Waals surface area contributed by atoms with Crippen molar-refractivity contribution in [2.24, 2.45) is 0 Å². The minimum atomic E-state index is -0.338. The Morgan fingerprint density at radius 1 is 0.935 bits per heavy atom. The van der Waals surface area contributed by atoms with Crippen molar-refractivity contribution in [1.82, 2.24) is 4.90 Å². The van der Waals surface area contributed by atoms with E-state index in [1.54, 1.807) is 42.5 Å². The molecule has 0 bridgehead atoms. The second kappa shape index (κ2) is 8.44. The Bertz CT molecular complexity index is 1120. The van der Waals surface area contributed by atoms with Crippen molar-refractivity contribution in [2.45, 2.75) is 19.4 Å². The minimum absolute atomic E-state index is 0.0491. The van der Waals surface area contributed by atoms with Crippen molar-refractivity contribution in [3.05, 3.63) is 95.1 Å². The molecule has 1 atom stereocenters. The Labute approximate surface area is 180 Å². The number of imide groups is 1. The maximum atomic E-state index is 12.7. The van der Waals surface area contributed by atoms with Gasteiger partial charge in [-0.2, -0.15) is 0 Å². The molecule has 3 amide bonds. The SMILES string of the molecule is COc1ccc(NC(=O)[C@H](C)c2ccccc2)cc1CN1C(=O)c2ccccc2C1=O.